The quantitative estimate of drug-likeness (QED) is 0.171. The molecule has 11 rings (SSSR count). The molecular formula is C53H33N3O. The van der Waals surface area contributed by atoms with Crippen molar-refractivity contribution in [3.05, 3.63) is 200 Å². The van der Waals surface area contributed by atoms with Gasteiger partial charge in [0.2, 0.25) is 0 Å². The van der Waals surface area contributed by atoms with Gasteiger partial charge in [-0.15, -0.1) is 0 Å². The van der Waals surface area contributed by atoms with Gasteiger partial charge in [-0.1, -0.05) is 170 Å². The van der Waals surface area contributed by atoms with E-state index in [4.69, 9.17) is 19.4 Å². The topological polar surface area (TPSA) is 51.8 Å². The SMILES string of the molecule is c1ccc(-c2ccc3c(c2)oc2cc(-c4ccc(-c5nc(-c6ccc(-c7ccc8ccccc8c7)cc6)nc(-c6cccc7ccccc67)n5)cc4)ccc23)cc1. The number of hydrogen-bond acceptors (Lipinski definition) is 4. The first-order valence-corrected chi connectivity index (χ1v) is 19.2. The van der Waals surface area contributed by atoms with E-state index in [9.17, 15) is 0 Å². The number of rotatable bonds is 6. The number of fused-ring (bicyclic) bond motifs is 5. The minimum atomic E-state index is 0.620. The van der Waals surface area contributed by atoms with E-state index in [0.717, 1.165) is 71.7 Å². The average molecular weight is 728 g/mol. The van der Waals surface area contributed by atoms with Crippen molar-refractivity contribution in [2.75, 3.05) is 0 Å². The van der Waals surface area contributed by atoms with Crippen LogP contribution in [0.15, 0.2) is 205 Å². The molecule has 9 aromatic carbocycles. The van der Waals surface area contributed by atoms with Crippen molar-refractivity contribution >= 4 is 43.5 Å². The van der Waals surface area contributed by atoms with Crippen LogP contribution in [0, 0.1) is 0 Å². The summed E-state index contributed by atoms with van der Waals surface area (Å²) in [7, 11) is 0. The Hall–Kier alpha value is -7.69. The molecule has 2 heterocycles. The molecule has 4 heteroatoms. The summed E-state index contributed by atoms with van der Waals surface area (Å²) in [5, 5.41) is 6.91. The number of benzene rings is 9. The molecule has 0 bridgehead atoms. The van der Waals surface area contributed by atoms with Gasteiger partial charge in [0.05, 0.1) is 0 Å². The van der Waals surface area contributed by atoms with E-state index in [1.165, 1.54) is 21.9 Å². The molecule has 0 saturated heterocycles. The summed E-state index contributed by atoms with van der Waals surface area (Å²) in [6.07, 6.45) is 0. The zero-order chi connectivity index (χ0) is 37.7. The van der Waals surface area contributed by atoms with Crippen LogP contribution in [0.3, 0.4) is 0 Å². The Balaban J connectivity index is 0.960. The predicted octanol–water partition coefficient (Wildman–Crippen LogP) is 14.1. The van der Waals surface area contributed by atoms with E-state index in [0.29, 0.717) is 17.5 Å². The van der Waals surface area contributed by atoms with Crippen LogP contribution >= 0.6 is 0 Å². The van der Waals surface area contributed by atoms with Crippen molar-refractivity contribution in [2.24, 2.45) is 0 Å². The van der Waals surface area contributed by atoms with Crippen LogP contribution in [0.5, 0.6) is 0 Å². The van der Waals surface area contributed by atoms with Gasteiger partial charge in [-0.2, -0.15) is 0 Å². The summed E-state index contributed by atoms with van der Waals surface area (Å²) < 4.78 is 6.43. The van der Waals surface area contributed by atoms with E-state index >= 15 is 0 Å². The summed E-state index contributed by atoms with van der Waals surface area (Å²) in [6, 6.07) is 70.0. The molecule has 0 N–H and O–H groups in total. The lowest BCUT2D eigenvalue weighted by molar-refractivity contribution is 0.669. The number of aromatic nitrogens is 3. The monoisotopic (exact) mass is 727 g/mol. The zero-order valence-corrected chi connectivity index (χ0v) is 30.8. The van der Waals surface area contributed by atoms with Gasteiger partial charge in [0.15, 0.2) is 17.5 Å². The Morgan fingerprint density at radius 3 is 1.37 bits per heavy atom. The van der Waals surface area contributed by atoms with Gasteiger partial charge < -0.3 is 4.42 Å². The van der Waals surface area contributed by atoms with Gasteiger partial charge in [0.1, 0.15) is 11.2 Å². The second kappa shape index (κ2) is 13.6. The van der Waals surface area contributed by atoms with Crippen LogP contribution in [0.25, 0.3) is 111 Å². The van der Waals surface area contributed by atoms with E-state index in [1.54, 1.807) is 0 Å². The first-order chi connectivity index (χ1) is 28.2. The van der Waals surface area contributed by atoms with Crippen molar-refractivity contribution in [1.82, 2.24) is 15.0 Å². The third-order valence-corrected chi connectivity index (χ3v) is 10.9. The van der Waals surface area contributed by atoms with Crippen molar-refractivity contribution < 1.29 is 4.42 Å². The summed E-state index contributed by atoms with van der Waals surface area (Å²) >= 11 is 0. The fraction of sp³-hybridized carbons (Fsp3) is 0. The van der Waals surface area contributed by atoms with Crippen molar-refractivity contribution in [3.63, 3.8) is 0 Å². The molecule has 0 aliphatic heterocycles. The second-order valence-electron chi connectivity index (χ2n) is 14.4. The standard InChI is InChI=1S/C53H33N3O/c1-2-9-34(10-3-1)43-27-29-46-47-30-28-44(33-50(47)57-49(46)32-43)37-19-24-40(25-20-37)52-54-51(55-53(56-52)48-16-8-14-38-12-6-7-15-45(38)48)39-22-17-36(18-23-39)42-26-21-35-11-4-5-13-41(35)31-42/h1-33H. The minimum Gasteiger partial charge on any atom is -0.456 e. The van der Waals surface area contributed by atoms with Gasteiger partial charge in [0.25, 0.3) is 0 Å². The van der Waals surface area contributed by atoms with Gasteiger partial charge in [-0.3, -0.25) is 0 Å². The lowest BCUT2D eigenvalue weighted by Gasteiger charge is -2.11. The molecule has 266 valence electrons. The largest absolute Gasteiger partial charge is 0.456 e. The summed E-state index contributed by atoms with van der Waals surface area (Å²) in [5.74, 6) is 1.89. The molecule has 0 amide bonds. The van der Waals surface area contributed by atoms with Crippen LogP contribution in [-0.2, 0) is 0 Å². The van der Waals surface area contributed by atoms with Gasteiger partial charge in [0, 0.05) is 27.5 Å². The minimum absolute atomic E-state index is 0.620. The highest BCUT2D eigenvalue weighted by Crippen LogP contribution is 2.36. The Bertz CT molecular complexity index is 3270. The fourth-order valence-corrected chi connectivity index (χ4v) is 7.93. The van der Waals surface area contributed by atoms with E-state index in [-0.39, 0.29) is 0 Å². The molecule has 11 aromatic rings. The maximum Gasteiger partial charge on any atom is 0.164 e. The Labute approximate surface area is 329 Å². The maximum atomic E-state index is 6.43. The molecule has 0 unspecified atom stereocenters. The Morgan fingerprint density at radius 1 is 0.263 bits per heavy atom. The average Bonchev–Trinajstić information content (AvgIpc) is 3.66. The highest BCUT2D eigenvalue weighted by molar-refractivity contribution is 6.07. The van der Waals surface area contributed by atoms with Crippen molar-refractivity contribution in [1.29, 1.82) is 0 Å². The highest BCUT2D eigenvalue weighted by atomic mass is 16.3. The lowest BCUT2D eigenvalue weighted by atomic mass is 10.00. The smallest absolute Gasteiger partial charge is 0.164 e. The molecule has 4 nitrogen and oxygen atoms in total. The number of furan rings is 1. The Kier molecular flexibility index (Phi) is 7.78. The normalized spacial score (nSPS) is 11.5. The molecule has 57 heavy (non-hydrogen) atoms. The fourth-order valence-electron chi connectivity index (χ4n) is 7.93. The number of nitrogens with zero attached hydrogens (tertiary/aromatic N) is 3. The first kappa shape index (κ1) is 32.7. The second-order valence-corrected chi connectivity index (χ2v) is 14.4. The van der Waals surface area contributed by atoms with Gasteiger partial charge in [-0.25, -0.2) is 15.0 Å². The zero-order valence-electron chi connectivity index (χ0n) is 30.8. The summed E-state index contributed by atoms with van der Waals surface area (Å²) in [6.45, 7) is 0. The maximum absolute atomic E-state index is 6.43. The molecule has 0 aliphatic rings. The van der Waals surface area contributed by atoms with Crippen LogP contribution in [0.4, 0.5) is 0 Å². The lowest BCUT2D eigenvalue weighted by Crippen LogP contribution is -2.00. The van der Waals surface area contributed by atoms with Crippen LogP contribution in [0.1, 0.15) is 0 Å². The molecule has 0 spiro atoms. The molecule has 0 saturated carbocycles. The first-order valence-electron chi connectivity index (χ1n) is 19.2. The predicted molar refractivity (Wildman–Crippen MR) is 235 cm³/mol. The summed E-state index contributed by atoms with van der Waals surface area (Å²) in [5.41, 5.74) is 11.3. The van der Waals surface area contributed by atoms with Gasteiger partial charge >= 0.3 is 0 Å². The molecule has 0 fully saturated rings. The van der Waals surface area contributed by atoms with Crippen LogP contribution in [-0.4, -0.2) is 15.0 Å². The van der Waals surface area contributed by atoms with E-state index in [1.807, 2.05) is 6.07 Å². The third kappa shape index (κ3) is 6.01. The van der Waals surface area contributed by atoms with E-state index < -0.39 is 0 Å². The molecule has 0 atom stereocenters. The third-order valence-electron chi connectivity index (χ3n) is 10.9. The highest BCUT2D eigenvalue weighted by Gasteiger charge is 2.16. The van der Waals surface area contributed by atoms with Crippen molar-refractivity contribution in [2.45, 2.75) is 0 Å². The molecule has 0 radical (unpaired) electrons. The van der Waals surface area contributed by atoms with Crippen LogP contribution < -0.4 is 0 Å². The summed E-state index contributed by atoms with van der Waals surface area (Å²) in [4.78, 5) is 15.3. The van der Waals surface area contributed by atoms with Crippen LogP contribution in [0.2, 0.25) is 0 Å². The van der Waals surface area contributed by atoms with Crippen molar-refractivity contribution in [3.8, 4) is 67.5 Å². The van der Waals surface area contributed by atoms with E-state index in [2.05, 4.69) is 194 Å². The molecule has 0 aliphatic carbocycles. The van der Waals surface area contributed by atoms with Gasteiger partial charge in [-0.05, 0) is 85.3 Å². The number of hydrogen-bond donors (Lipinski definition) is 0. The molecule has 2 aromatic heterocycles. The molecular weight excluding hydrogens is 695 g/mol. The Morgan fingerprint density at radius 2 is 0.719 bits per heavy atom.